The zero-order valence-electron chi connectivity index (χ0n) is 14.6. The van der Waals surface area contributed by atoms with Crippen LogP contribution in [-0.2, 0) is 14.3 Å². The first kappa shape index (κ1) is 19.8. The van der Waals surface area contributed by atoms with Crippen LogP contribution in [0.4, 0.5) is 4.79 Å². The molecule has 2 rings (SSSR count). The number of hydrogen-bond acceptors (Lipinski definition) is 6. The van der Waals surface area contributed by atoms with E-state index < -0.39 is 17.9 Å². The largest absolute Gasteiger partial charge is 0.493 e. The van der Waals surface area contributed by atoms with Gasteiger partial charge < -0.3 is 19.5 Å². The van der Waals surface area contributed by atoms with Crippen LogP contribution < -0.4 is 14.8 Å². The topological polar surface area (TPSA) is 94.2 Å². The normalized spacial score (nSPS) is 15.2. The Labute approximate surface area is 159 Å². The summed E-state index contributed by atoms with van der Waals surface area (Å²) in [4.78, 5) is 36.4. The number of nitrogens with one attached hydrogen (secondary N) is 1. The molecule has 1 aliphatic rings. The number of hydrogen-bond donors (Lipinski definition) is 1. The molecule has 0 unspecified atom stereocenters. The predicted molar refractivity (Wildman–Crippen MR) is 96.7 cm³/mol. The monoisotopic (exact) mass is 426 g/mol. The second kappa shape index (κ2) is 8.70. The maximum atomic E-state index is 12.2. The van der Waals surface area contributed by atoms with Gasteiger partial charge in [-0.05, 0) is 37.6 Å². The van der Waals surface area contributed by atoms with E-state index >= 15 is 0 Å². The number of methoxy groups -OCH3 is 1. The Bertz CT molecular complexity index is 762. The molecule has 1 aromatic rings. The van der Waals surface area contributed by atoms with Crippen LogP contribution in [0.1, 0.15) is 19.4 Å². The van der Waals surface area contributed by atoms with Gasteiger partial charge in [0.15, 0.2) is 18.1 Å². The van der Waals surface area contributed by atoms with Crippen molar-refractivity contribution in [1.29, 1.82) is 0 Å². The van der Waals surface area contributed by atoms with Crippen molar-refractivity contribution in [1.82, 2.24) is 10.2 Å². The Morgan fingerprint density at radius 3 is 2.58 bits per heavy atom. The second-order valence-corrected chi connectivity index (χ2v) is 6.01. The zero-order chi connectivity index (χ0) is 19.3. The van der Waals surface area contributed by atoms with Crippen molar-refractivity contribution in [2.75, 3.05) is 26.9 Å². The number of ether oxygens (including phenoxy) is 3. The van der Waals surface area contributed by atoms with Crippen LogP contribution >= 0.6 is 15.9 Å². The first-order valence-corrected chi connectivity index (χ1v) is 8.71. The van der Waals surface area contributed by atoms with Crippen molar-refractivity contribution in [3.8, 4) is 11.5 Å². The summed E-state index contributed by atoms with van der Waals surface area (Å²) in [6.45, 7) is 3.73. The minimum atomic E-state index is -0.490. The fourth-order valence-corrected chi connectivity index (χ4v) is 2.72. The molecule has 9 heteroatoms. The van der Waals surface area contributed by atoms with E-state index in [1.807, 2.05) is 0 Å². The molecule has 0 spiro atoms. The highest BCUT2D eigenvalue weighted by Crippen LogP contribution is 2.35. The highest BCUT2D eigenvalue weighted by atomic mass is 79.9. The van der Waals surface area contributed by atoms with Crippen LogP contribution in [0.3, 0.4) is 0 Å². The maximum Gasteiger partial charge on any atom is 0.344 e. The van der Waals surface area contributed by atoms with Crippen molar-refractivity contribution in [3.63, 3.8) is 0 Å². The molecular weight excluding hydrogens is 408 g/mol. The second-order valence-electron chi connectivity index (χ2n) is 5.16. The zero-order valence-corrected chi connectivity index (χ0v) is 16.2. The maximum absolute atomic E-state index is 12.2. The van der Waals surface area contributed by atoms with Crippen LogP contribution in [0.15, 0.2) is 22.3 Å². The van der Waals surface area contributed by atoms with Gasteiger partial charge in [0.25, 0.3) is 5.91 Å². The third kappa shape index (κ3) is 4.34. The third-order valence-corrected chi connectivity index (χ3v) is 4.20. The van der Waals surface area contributed by atoms with E-state index in [0.29, 0.717) is 21.5 Å². The number of amides is 3. The molecule has 1 aromatic carbocycles. The Morgan fingerprint density at radius 1 is 1.27 bits per heavy atom. The van der Waals surface area contributed by atoms with Crippen LogP contribution in [0, 0.1) is 0 Å². The minimum absolute atomic E-state index is 0.166. The number of nitrogens with zero attached hydrogens (tertiary/aromatic N) is 1. The molecule has 3 amide bonds. The summed E-state index contributed by atoms with van der Waals surface area (Å²) in [5, 5.41) is 2.53. The highest BCUT2D eigenvalue weighted by Gasteiger charge is 2.32. The molecule has 26 heavy (non-hydrogen) atoms. The number of halogens is 1. The van der Waals surface area contributed by atoms with E-state index in [1.54, 1.807) is 26.0 Å². The van der Waals surface area contributed by atoms with Gasteiger partial charge in [0.2, 0.25) is 0 Å². The molecule has 0 aromatic heterocycles. The number of urea groups is 1. The summed E-state index contributed by atoms with van der Waals surface area (Å²) in [7, 11) is 1.46. The fourth-order valence-electron chi connectivity index (χ4n) is 2.29. The first-order chi connectivity index (χ1) is 12.4. The molecule has 0 radical (unpaired) electrons. The van der Waals surface area contributed by atoms with E-state index in [9.17, 15) is 14.4 Å². The fraction of sp³-hybridized carbons (Fsp3) is 0.353. The van der Waals surface area contributed by atoms with Crippen LogP contribution in [0.25, 0.3) is 6.08 Å². The Balaban J connectivity index is 2.26. The van der Waals surface area contributed by atoms with Gasteiger partial charge in [-0.1, -0.05) is 15.9 Å². The molecule has 0 saturated carbocycles. The Morgan fingerprint density at radius 2 is 2.00 bits per heavy atom. The lowest BCUT2D eigenvalue weighted by Gasteiger charge is -2.12. The predicted octanol–water partition coefficient (Wildman–Crippen LogP) is 2.31. The van der Waals surface area contributed by atoms with Crippen molar-refractivity contribution in [3.05, 3.63) is 27.9 Å². The number of imide groups is 1. The molecule has 0 bridgehead atoms. The van der Waals surface area contributed by atoms with Crippen molar-refractivity contribution in [2.45, 2.75) is 13.8 Å². The smallest absolute Gasteiger partial charge is 0.344 e. The van der Waals surface area contributed by atoms with Crippen molar-refractivity contribution >= 4 is 39.9 Å². The standard InChI is InChI=1S/C17H19BrN2O6/c1-4-20-16(22)12(19-17(20)23)6-10-7-13(24-3)14(8-11(10)18)26-9-15(21)25-5-2/h6-8H,4-5,9H2,1-3H3,(H,19,23)/b12-6+. The van der Waals surface area contributed by atoms with Crippen LogP contribution in [-0.4, -0.2) is 49.7 Å². The first-order valence-electron chi connectivity index (χ1n) is 7.91. The molecule has 0 atom stereocenters. The number of rotatable bonds is 7. The van der Waals surface area contributed by atoms with Gasteiger partial charge in [-0.15, -0.1) is 0 Å². The van der Waals surface area contributed by atoms with E-state index in [4.69, 9.17) is 14.2 Å². The molecule has 8 nitrogen and oxygen atoms in total. The molecule has 140 valence electrons. The lowest BCUT2D eigenvalue weighted by atomic mass is 10.1. The van der Waals surface area contributed by atoms with Gasteiger partial charge in [-0.25, -0.2) is 9.59 Å². The quantitative estimate of drug-likeness (QED) is 0.408. The van der Waals surface area contributed by atoms with Gasteiger partial charge >= 0.3 is 12.0 Å². The van der Waals surface area contributed by atoms with Crippen LogP contribution in [0.2, 0.25) is 0 Å². The summed E-state index contributed by atoms with van der Waals surface area (Å²) in [5.41, 5.74) is 0.770. The summed E-state index contributed by atoms with van der Waals surface area (Å²) in [5.74, 6) is -0.179. The lowest BCUT2D eigenvalue weighted by Crippen LogP contribution is -2.30. The lowest BCUT2D eigenvalue weighted by molar-refractivity contribution is -0.145. The van der Waals surface area contributed by atoms with Gasteiger partial charge in [0.1, 0.15) is 5.70 Å². The molecular formula is C17H19BrN2O6. The summed E-state index contributed by atoms with van der Waals surface area (Å²) < 4.78 is 16.1. The molecule has 1 saturated heterocycles. The highest BCUT2D eigenvalue weighted by molar-refractivity contribution is 9.10. The van der Waals surface area contributed by atoms with Crippen molar-refractivity contribution < 1.29 is 28.6 Å². The van der Waals surface area contributed by atoms with Gasteiger partial charge in [-0.2, -0.15) is 0 Å². The summed E-state index contributed by atoms with van der Waals surface area (Å²) >= 11 is 3.39. The van der Waals surface area contributed by atoms with Crippen molar-refractivity contribution in [2.24, 2.45) is 0 Å². The number of carbonyl (C=O) groups excluding carboxylic acids is 3. The van der Waals surface area contributed by atoms with E-state index in [1.165, 1.54) is 13.2 Å². The van der Waals surface area contributed by atoms with Gasteiger partial charge in [-0.3, -0.25) is 9.69 Å². The molecule has 1 aliphatic heterocycles. The number of benzene rings is 1. The number of likely N-dealkylation sites (N-methyl/N-ethyl adjacent to an activating group) is 1. The third-order valence-electron chi connectivity index (χ3n) is 3.51. The summed E-state index contributed by atoms with van der Waals surface area (Å²) in [6, 6.07) is 2.79. The molecule has 0 aliphatic carbocycles. The minimum Gasteiger partial charge on any atom is -0.493 e. The molecule has 1 N–H and O–H groups in total. The van der Waals surface area contributed by atoms with Gasteiger partial charge in [0, 0.05) is 11.0 Å². The Hall–Kier alpha value is -2.55. The average molecular weight is 427 g/mol. The Kier molecular flexibility index (Phi) is 6.62. The number of esters is 1. The SMILES string of the molecule is CCOC(=O)COc1cc(Br)c(/C=C2/NC(=O)N(CC)C2=O)cc1OC. The van der Waals surface area contributed by atoms with Crippen LogP contribution in [0.5, 0.6) is 11.5 Å². The summed E-state index contributed by atoms with van der Waals surface area (Å²) in [6.07, 6.45) is 1.54. The average Bonchev–Trinajstić information content (AvgIpc) is 2.88. The van der Waals surface area contributed by atoms with E-state index in [2.05, 4.69) is 21.2 Å². The molecule has 1 fully saturated rings. The van der Waals surface area contributed by atoms with E-state index in [0.717, 1.165) is 4.90 Å². The van der Waals surface area contributed by atoms with E-state index in [-0.39, 0.29) is 25.5 Å². The molecule has 1 heterocycles. The van der Waals surface area contributed by atoms with Gasteiger partial charge in [0.05, 0.1) is 13.7 Å². The number of carbonyl (C=O) groups is 3.